The molecule has 0 aromatic carbocycles. The normalized spacial score (nSPS) is 21.8. The second-order valence-corrected chi connectivity index (χ2v) is 4.22. The zero-order valence-corrected chi connectivity index (χ0v) is 12.5. The predicted molar refractivity (Wildman–Crippen MR) is 79.3 cm³/mol. The van der Waals surface area contributed by atoms with Gasteiger partial charge in [0.1, 0.15) is 11.9 Å². The molecule has 5 nitrogen and oxygen atoms in total. The third-order valence-electron chi connectivity index (χ3n) is 2.76. The summed E-state index contributed by atoms with van der Waals surface area (Å²) in [6.45, 7) is 5.19. The van der Waals surface area contributed by atoms with Crippen LogP contribution in [-0.2, 0) is 9.53 Å². The number of hydrogen-bond donors (Lipinski definition) is 2. The van der Waals surface area contributed by atoms with Gasteiger partial charge in [-0.25, -0.2) is 4.98 Å². The summed E-state index contributed by atoms with van der Waals surface area (Å²) in [7, 11) is 0. The molecular weight excluding hydrogens is 289 g/mol. The fraction of sp³-hybridized carbons (Fsp3) is 0.500. The van der Waals surface area contributed by atoms with Crippen LogP contribution < -0.4 is 10.6 Å². The van der Waals surface area contributed by atoms with Crippen molar-refractivity contribution in [1.82, 2.24) is 10.3 Å². The quantitative estimate of drug-likeness (QED) is 0.870. The first kappa shape index (κ1) is 18.1. The number of aryl methyl sites for hydroxylation is 1. The van der Waals surface area contributed by atoms with Crippen molar-refractivity contribution in [2.45, 2.75) is 26.0 Å². The molecule has 19 heavy (non-hydrogen) atoms. The largest absolute Gasteiger partial charge is 0.375 e. The highest BCUT2D eigenvalue weighted by Gasteiger charge is 2.28. The third kappa shape index (κ3) is 4.95. The molecule has 2 heterocycles. The number of halogens is 2. The molecule has 2 atom stereocenters. The summed E-state index contributed by atoms with van der Waals surface area (Å²) in [6, 6.07) is 3.39. The molecular formula is C12H19Cl2N3O2. The van der Waals surface area contributed by atoms with Crippen LogP contribution in [0.3, 0.4) is 0 Å². The number of aromatic nitrogens is 1. The minimum Gasteiger partial charge on any atom is -0.375 e. The Bertz CT molecular complexity index is 400. The first-order valence-electron chi connectivity index (χ1n) is 5.75. The lowest BCUT2D eigenvalue weighted by Gasteiger charge is -2.29. The molecule has 1 aliphatic rings. The van der Waals surface area contributed by atoms with Crippen LogP contribution in [0.1, 0.15) is 12.5 Å². The maximum atomic E-state index is 12.0. The number of amides is 1. The summed E-state index contributed by atoms with van der Waals surface area (Å²) in [6.07, 6.45) is 1.61. The van der Waals surface area contributed by atoms with Crippen LogP contribution in [0.15, 0.2) is 18.3 Å². The maximum absolute atomic E-state index is 12.0. The first-order valence-corrected chi connectivity index (χ1v) is 5.75. The van der Waals surface area contributed by atoms with Crippen molar-refractivity contribution in [3.8, 4) is 0 Å². The fourth-order valence-electron chi connectivity index (χ4n) is 1.77. The Morgan fingerprint density at radius 1 is 1.47 bits per heavy atom. The van der Waals surface area contributed by atoms with Gasteiger partial charge in [-0.2, -0.15) is 0 Å². The third-order valence-corrected chi connectivity index (χ3v) is 2.76. The van der Waals surface area contributed by atoms with E-state index in [-0.39, 0.29) is 42.9 Å². The standard InChI is InChI=1S/C12H17N3O2.2ClH/c1-8-3-4-10(14-7-8)15-12(16)11-9(2)17-6-5-13-11;;/h3-4,7,9,11,13H,5-6H2,1-2H3,(H,14,15,16);2*1H/t9-,11+;;/m1../s1. The zero-order chi connectivity index (χ0) is 12.3. The summed E-state index contributed by atoms with van der Waals surface area (Å²) in [5, 5.41) is 5.91. The maximum Gasteiger partial charge on any atom is 0.245 e. The van der Waals surface area contributed by atoms with Crippen LogP contribution >= 0.6 is 24.8 Å². The van der Waals surface area contributed by atoms with Crippen LogP contribution in [0.25, 0.3) is 0 Å². The van der Waals surface area contributed by atoms with E-state index in [9.17, 15) is 4.79 Å². The van der Waals surface area contributed by atoms with Crippen molar-refractivity contribution in [1.29, 1.82) is 0 Å². The van der Waals surface area contributed by atoms with Gasteiger partial charge in [0.2, 0.25) is 5.91 Å². The zero-order valence-electron chi connectivity index (χ0n) is 10.9. The molecule has 0 unspecified atom stereocenters. The number of morpholine rings is 1. The van der Waals surface area contributed by atoms with E-state index in [0.717, 1.165) is 5.56 Å². The molecule has 108 valence electrons. The minimum absolute atomic E-state index is 0. The highest BCUT2D eigenvalue weighted by molar-refractivity contribution is 5.94. The van der Waals surface area contributed by atoms with Gasteiger partial charge in [-0.05, 0) is 25.5 Å². The van der Waals surface area contributed by atoms with Crippen molar-refractivity contribution in [2.75, 3.05) is 18.5 Å². The summed E-state index contributed by atoms with van der Waals surface area (Å²) in [5.41, 5.74) is 1.07. The average molecular weight is 308 g/mol. The number of carbonyl (C=O) groups is 1. The Hall–Kier alpha value is -0.880. The lowest BCUT2D eigenvalue weighted by atomic mass is 10.1. The molecule has 0 radical (unpaired) electrons. The van der Waals surface area contributed by atoms with Gasteiger partial charge in [0.05, 0.1) is 12.7 Å². The Balaban J connectivity index is 0.00000162. The number of ether oxygens (including phenoxy) is 1. The van der Waals surface area contributed by atoms with Gasteiger partial charge in [-0.1, -0.05) is 6.07 Å². The number of rotatable bonds is 2. The molecule has 0 spiro atoms. The molecule has 1 aliphatic heterocycles. The number of nitrogens with zero attached hydrogens (tertiary/aromatic N) is 1. The summed E-state index contributed by atoms with van der Waals surface area (Å²) in [4.78, 5) is 16.1. The van der Waals surface area contributed by atoms with E-state index in [2.05, 4.69) is 15.6 Å². The van der Waals surface area contributed by atoms with Crippen LogP contribution in [-0.4, -0.2) is 36.2 Å². The molecule has 2 N–H and O–H groups in total. The summed E-state index contributed by atoms with van der Waals surface area (Å²) in [5.74, 6) is 0.466. The van der Waals surface area contributed by atoms with Crippen LogP contribution in [0.5, 0.6) is 0 Å². The van der Waals surface area contributed by atoms with Gasteiger partial charge >= 0.3 is 0 Å². The molecule has 2 rings (SSSR count). The smallest absolute Gasteiger partial charge is 0.245 e. The number of hydrogen-bond acceptors (Lipinski definition) is 4. The number of pyridine rings is 1. The Morgan fingerprint density at radius 2 is 2.21 bits per heavy atom. The molecule has 0 bridgehead atoms. The van der Waals surface area contributed by atoms with E-state index in [4.69, 9.17) is 4.74 Å². The molecule has 0 aliphatic carbocycles. The summed E-state index contributed by atoms with van der Waals surface area (Å²) < 4.78 is 5.42. The minimum atomic E-state index is -0.313. The second-order valence-electron chi connectivity index (χ2n) is 4.22. The van der Waals surface area contributed by atoms with Crippen molar-refractivity contribution in [3.05, 3.63) is 23.9 Å². The van der Waals surface area contributed by atoms with Gasteiger partial charge in [0.15, 0.2) is 0 Å². The molecule has 1 amide bonds. The highest BCUT2D eigenvalue weighted by Crippen LogP contribution is 2.08. The first-order chi connectivity index (χ1) is 8.16. The molecule has 1 fully saturated rings. The van der Waals surface area contributed by atoms with Crippen molar-refractivity contribution < 1.29 is 9.53 Å². The lowest BCUT2D eigenvalue weighted by Crippen LogP contribution is -2.53. The Labute approximate surface area is 125 Å². The van der Waals surface area contributed by atoms with Crippen LogP contribution in [0, 0.1) is 6.92 Å². The monoisotopic (exact) mass is 307 g/mol. The van der Waals surface area contributed by atoms with E-state index in [1.54, 1.807) is 12.3 Å². The molecule has 1 aromatic heterocycles. The van der Waals surface area contributed by atoms with Gasteiger partial charge in [-0.3, -0.25) is 4.79 Å². The SMILES string of the molecule is Cc1ccc(NC(=O)[C@H]2NCCO[C@@H]2C)nc1.Cl.Cl. The topological polar surface area (TPSA) is 63.2 Å². The molecule has 1 saturated heterocycles. The van der Waals surface area contributed by atoms with Crippen molar-refractivity contribution in [2.24, 2.45) is 0 Å². The van der Waals surface area contributed by atoms with Gasteiger partial charge < -0.3 is 15.4 Å². The highest BCUT2D eigenvalue weighted by atomic mass is 35.5. The van der Waals surface area contributed by atoms with Crippen molar-refractivity contribution >= 4 is 36.5 Å². The van der Waals surface area contributed by atoms with Gasteiger partial charge in [0, 0.05) is 12.7 Å². The van der Waals surface area contributed by atoms with Crippen molar-refractivity contribution in [3.63, 3.8) is 0 Å². The second kappa shape index (κ2) is 8.32. The van der Waals surface area contributed by atoms with E-state index in [1.165, 1.54) is 0 Å². The van der Waals surface area contributed by atoms with Gasteiger partial charge in [0.25, 0.3) is 0 Å². The predicted octanol–water partition coefficient (Wildman–Crippen LogP) is 1.55. The molecule has 1 aromatic rings. The Kier molecular flexibility index (Phi) is 7.94. The summed E-state index contributed by atoms with van der Waals surface area (Å²) >= 11 is 0. The van der Waals surface area contributed by atoms with E-state index >= 15 is 0 Å². The number of anilines is 1. The molecule has 0 saturated carbocycles. The van der Waals surface area contributed by atoms with E-state index < -0.39 is 0 Å². The number of nitrogens with one attached hydrogen (secondary N) is 2. The van der Waals surface area contributed by atoms with Crippen LogP contribution in [0.2, 0.25) is 0 Å². The van der Waals surface area contributed by atoms with E-state index in [0.29, 0.717) is 19.0 Å². The van der Waals surface area contributed by atoms with E-state index in [1.807, 2.05) is 19.9 Å². The average Bonchev–Trinajstić information content (AvgIpc) is 2.32. The van der Waals surface area contributed by atoms with Gasteiger partial charge in [-0.15, -0.1) is 24.8 Å². The van der Waals surface area contributed by atoms with Crippen LogP contribution in [0.4, 0.5) is 5.82 Å². The Morgan fingerprint density at radius 3 is 2.79 bits per heavy atom. The molecule has 7 heteroatoms. The number of carbonyl (C=O) groups excluding carboxylic acids is 1. The lowest BCUT2D eigenvalue weighted by molar-refractivity contribution is -0.123. The fourth-order valence-corrected chi connectivity index (χ4v) is 1.77.